The molecule has 3 N–H and O–H groups in total. The average molecular weight is 498 g/mol. The Morgan fingerprint density at radius 3 is 2.28 bits per heavy atom. The third-order valence-corrected chi connectivity index (χ3v) is 5.26. The Hall–Kier alpha value is -3.79. The molecule has 0 spiro atoms. The molecule has 10 nitrogen and oxygen atoms in total. The highest BCUT2D eigenvalue weighted by atomic mass is 16.6. The number of nitrogens with zero attached hydrogens (tertiary/aromatic N) is 2. The Morgan fingerprint density at radius 2 is 1.58 bits per heavy atom. The van der Waals surface area contributed by atoms with Gasteiger partial charge in [-0.2, -0.15) is 0 Å². The molecule has 1 saturated heterocycles. The summed E-state index contributed by atoms with van der Waals surface area (Å²) in [5.74, 6) is 0.197. The van der Waals surface area contributed by atoms with Crippen LogP contribution in [0.25, 0.3) is 0 Å². The molecular formula is C26H35N5O5. The number of urea groups is 1. The Kier molecular flexibility index (Phi) is 9.52. The van der Waals surface area contributed by atoms with Gasteiger partial charge in [-0.3, -0.25) is 9.69 Å². The van der Waals surface area contributed by atoms with Crippen LogP contribution in [0.1, 0.15) is 20.8 Å². The van der Waals surface area contributed by atoms with E-state index in [0.29, 0.717) is 43.3 Å². The zero-order valence-electron chi connectivity index (χ0n) is 21.1. The van der Waals surface area contributed by atoms with E-state index >= 15 is 0 Å². The lowest BCUT2D eigenvalue weighted by molar-refractivity contribution is -0.118. The molecule has 1 heterocycles. The van der Waals surface area contributed by atoms with Crippen LogP contribution < -0.4 is 20.7 Å². The first-order valence-corrected chi connectivity index (χ1v) is 12.0. The maximum absolute atomic E-state index is 12.3. The summed E-state index contributed by atoms with van der Waals surface area (Å²) in [6.45, 7) is 9.19. The van der Waals surface area contributed by atoms with Gasteiger partial charge in [0.15, 0.2) is 6.61 Å². The maximum atomic E-state index is 12.3. The minimum atomic E-state index is -0.506. The summed E-state index contributed by atoms with van der Waals surface area (Å²) in [5, 5.41) is 8.36. The molecule has 0 saturated carbocycles. The first-order valence-electron chi connectivity index (χ1n) is 12.0. The number of anilines is 2. The smallest absolute Gasteiger partial charge is 0.410 e. The summed E-state index contributed by atoms with van der Waals surface area (Å²) in [5.41, 5.74) is 0.747. The molecule has 2 aromatic rings. The summed E-state index contributed by atoms with van der Waals surface area (Å²) < 4.78 is 11.0. The van der Waals surface area contributed by atoms with Crippen LogP contribution in [0.2, 0.25) is 0 Å². The zero-order chi connectivity index (χ0) is 26.0. The number of ether oxygens (including phenoxy) is 2. The monoisotopic (exact) mass is 497 g/mol. The summed E-state index contributed by atoms with van der Waals surface area (Å²) in [6, 6.07) is 15.7. The van der Waals surface area contributed by atoms with Crippen LogP contribution in [0.4, 0.5) is 21.0 Å². The molecule has 1 aliphatic rings. The molecule has 0 atom stereocenters. The molecule has 0 unspecified atom stereocenters. The minimum absolute atomic E-state index is 0.147. The van der Waals surface area contributed by atoms with E-state index in [4.69, 9.17) is 9.47 Å². The molecule has 36 heavy (non-hydrogen) atoms. The average Bonchev–Trinajstić information content (AvgIpc) is 2.83. The topological polar surface area (TPSA) is 112 Å². The van der Waals surface area contributed by atoms with Crippen molar-refractivity contribution in [3.8, 4) is 5.75 Å². The van der Waals surface area contributed by atoms with Crippen LogP contribution in [0, 0.1) is 0 Å². The van der Waals surface area contributed by atoms with Gasteiger partial charge in [0.1, 0.15) is 11.4 Å². The third kappa shape index (κ3) is 9.46. The van der Waals surface area contributed by atoms with Gasteiger partial charge in [-0.05, 0) is 45.0 Å². The number of rotatable bonds is 8. The third-order valence-electron chi connectivity index (χ3n) is 5.26. The number of carbonyl (C=O) groups excluding carboxylic acids is 3. The van der Waals surface area contributed by atoms with Gasteiger partial charge in [0.25, 0.3) is 5.91 Å². The molecule has 0 radical (unpaired) electrons. The molecule has 1 aliphatic heterocycles. The standard InChI is InChI=1S/C26H35N5O5/c1-26(2,3)36-25(34)31-16-14-30(15-17-31)13-12-27-24(33)29-21-10-7-11-22(18-21)35-19-23(32)28-20-8-5-4-6-9-20/h4-11,18H,12-17,19H2,1-3H3,(H,28,32)(H2,27,29,33). The fourth-order valence-corrected chi connectivity index (χ4v) is 3.51. The van der Waals surface area contributed by atoms with E-state index in [9.17, 15) is 14.4 Å². The zero-order valence-corrected chi connectivity index (χ0v) is 21.1. The van der Waals surface area contributed by atoms with Crippen LogP contribution in [0.5, 0.6) is 5.75 Å². The van der Waals surface area contributed by atoms with Gasteiger partial charge < -0.3 is 30.3 Å². The number of nitrogens with one attached hydrogen (secondary N) is 3. The fourth-order valence-electron chi connectivity index (χ4n) is 3.51. The minimum Gasteiger partial charge on any atom is -0.484 e. The molecule has 4 amide bonds. The van der Waals surface area contributed by atoms with Crippen LogP contribution >= 0.6 is 0 Å². The second-order valence-corrected chi connectivity index (χ2v) is 9.42. The first kappa shape index (κ1) is 26.8. The predicted octanol–water partition coefficient (Wildman–Crippen LogP) is 3.38. The number of para-hydroxylation sites is 1. The normalized spacial score (nSPS) is 14.0. The van der Waals surface area contributed by atoms with Gasteiger partial charge in [0, 0.05) is 56.7 Å². The van der Waals surface area contributed by atoms with Crippen molar-refractivity contribution in [2.24, 2.45) is 0 Å². The number of carbonyl (C=O) groups is 3. The molecule has 194 valence electrons. The highest BCUT2D eigenvalue weighted by Gasteiger charge is 2.25. The molecule has 10 heteroatoms. The van der Waals surface area contributed by atoms with E-state index in [2.05, 4.69) is 20.9 Å². The van der Waals surface area contributed by atoms with Gasteiger partial charge in [-0.25, -0.2) is 9.59 Å². The van der Waals surface area contributed by atoms with Crippen LogP contribution in [-0.2, 0) is 9.53 Å². The second kappa shape index (κ2) is 12.8. The van der Waals surface area contributed by atoms with Crippen molar-refractivity contribution in [2.45, 2.75) is 26.4 Å². The largest absolute Gasteiger partial charge is 0.484 e. The Bertz CT molecular complexity index is 1020. The number of hydrogen-bond donors (Lipinski definition) is 3. The van der Waals surface area contributed by atoms with Crippen molar-refractivity contribution >= 4 is 29.4 Å². The Morgan fingerprint density at radius 1 is 0.889 bits per heavy atom. The van der Waals surface area contributed by atoms with E-state index < -0.39 is 5.60 Å². The van der Waals surface area contributed by atoms with Gasteiger partial charge in [0.05, 0.1) is 0 Å². The van der Waals surface area contributed by atoms with Crippen molar-refractivity contribution < 1.29 is 23.9 Å². The fraction of sp³-hybridized carbons (Fsp3) is 0.423. The Labute approximate surface area is 211 Å². The van der Waals surface area contributed by atoms with E-state index in [1.165, 1.54) is 0 Å². The molecule has 0 bridgehead atoms. The van der Waals surface area contributed by atoms with E-state index in [0.717, 1.165) is 13.1 Å². The van der Waals surface area contributed by atoms with Crippen molar-refractivity contribution in [3.05, 3.63) is 54.6 Å². The summed E-state index contributed by atoms with van der Waals surface area (Å²) >= 11 is 0. The molecule has 0 aromatic heterocycles. The van der Waals surface area contributed by atoms with Crippen molar-refractivity contribution in [3.63, 3.8) is 0 Å². The number of amides is 4. The highest BCUT2D eigenvalue weighted by molar-refractivity contribution is 5.92. The van der Waals surface area contributed by atoms with Crippen molar-refractivity contribution in [1.82, 2.24) is 15.1 Å². The van der Waals surface area contributed by atoms with Crippen LogP contribution in [-0.4, -0.2) is 79.3 Å². The van der Waals surface area contributed by atoms with Gasteiger partial charge in [-0.1, -0.05) is 24.3 Å². The number of benzene rings is 2. The van der Waals surface area contributed by atoms with Gasteiger partial charge >= 0.3 is 12.1 Å². The molecular weight excluding hydrogens is 462 g/mol. The number of piperazine rings is 1. The number of hydrogen-bond acceptors (Lipinski definition) is 6. The highest BCUT2D eigenvalue weighted by Crippen LogP contribution is 2.17. The lowest BCUT2D eigenvalue weighted by Crippen LogP contribution is -2.51. The van der Waals surface area contributed by atoms with Gasteiger partial charge in [0.2, 0.25) is 0 Å². The van der Waals surface area contributed by atoms with Gasteiger partial charge in [-0.15, -0.1) is 0 Å². The Balaban J connectivity index is 1.33. The lowest BCUT2D eigenvalue weighted by Gasteiger charge is -2.35. The predicted molar refractivity (Wildman–Crippen MR) is 138 cm³/mol. The molecule has 2 aromatic carbocycles. The van der Waals surface area contributed by atoms with E-state index in [-0.39, 0.29) is 24.6 Å². The van der Waals surface area contributed by atoms with Crippen LogP contribution in [0.15, 0.2) is 54.6 Å². The summed E-state index contributed by atoms with van der Waals surface area (Å²) in [6.07, 6.45) is -0.289. The summed E-state index contributed by atoms with van der Waals surface area (Å²) in [7, 11) is 0. The van der Waals surface area contributed by atoms with E-state index in [1.807, 2.05) is 39.0 Å². The van der Waals surface area contributed by atoms with E-state index in [1.54, 1.807) is 41.3 Å². The molecule has 1 fully saturated rings. The quantitative estimate of drug-likeness (QED) is 0.516. The molecule has 3 rings (SSSR count). The van der Waals surface area contributed by atoms with Crippen molar-refractivity contribution in [2.75, 3.05) is 56.5 Å². The summed E-state index contributed by atoms with van der Waals surface area (Å²) in [4.78, 5) is 40.4. The first-order chi connectivity index (χ1) is 17.2. The lowest BCUT2D eigenvalue weighted by atomic mass is 10.2. The molecule has 0 aliphatic carbocycles. The SMILES string of the molecule is CC(C)(C)OC(=O)N1CCN(CCNC(=O)Nc2cccc(OCC(=O)Nc3ccccc3)c2)CC1. The van der Waals surface area contributed by atoms with Crippen LogP contribution in [0.3, 0.4) is 0 Å². The second-order valence-electron chi connectivity index (χ2n) is 9.42. The maximum Gasteiger partial charge on any atom is 0.410 e. The van der Waals surface area contributed by atoms with Crippen molar-refractivity contribution in [1.29, 1.82) is 0 Å².